The third-order valence-corrected chi connectivity index (χ3v) is 5.27. The van der Waals surface area contributed by atoms with Crippen LogP contribution in [0.25, 0.3) is 0 Å². The number of piperidine rings is 1. The van der Waals surface area contributed by atoms with Gasteiger partial charge in [0, 0.05) is 36.8 Å². The Kier molecular flexibility index (Phi) is 6.38. The molecule has 1 aliphatic rings. The number of aromatic nitrogens is 1. The van der Waals surface area contributed by atoms with Crippen molar-refractivity contribution in [1.29, 1.82) is 0 Å². The number of likely N-dealkylation sites (tertiary alicyclic amines) is 1. The summed E-state index contributed by atoms with van der Waals surface area (Å²) in [5.74, 6) is 0.265. The number of ether oxygens (including phenoxy) is 1. The maximum absolute atomic E-state index is 12.4. The average molecular weight is 344 g/mol. The number of amides is 1. The highest BCUT2D eigenvalue weighted by Gasteiger charge is 2.23. The monoisotopic (exact) mass is 344 g/mol. The van der Waals surface area contributed by atoms with Gasteiger partial charge in [-0.1, -0.05) is 12.1 Å². The van der Waals surface area contributed by atoms with Crippen molar-refractivity contribution in [3.63, 3.8) is 0 Å². The first-order chi connectivity index (χ1) is 11.8. The Bertz CT molecular complexity index is 616. The molecular formula is C19H24N2O2S. The van der Waals surface area contributed by atoms with Crippen molar-refractivity contribution in [3.8, 4) is 0 Å². The van der Waals surface area contributed by atoms with Gasteiger partial charge in [-0.25, -0.2) is 0 Å². The second kappa shape index (κ2) is 8.94. The fourth-order valence-electron chi connectivity index (χ4n) is 3.03. The van der Waals surface area contributed by atoms with E-state index in [2.05, 4.69) is 22.5 Å². The highest BCUT2D eigenvalue weighted by atomic mass is 32.1. The van der Waals surface area contributed by atoms with Crippen LogP contribution in [0, 0.1) is 0 Å². The molecule has 1 unspecified atom stereocenters. The van der Waals surface area contributed by atoms with E-state index in [9.17, 15) is 4.79 Å². The van der Waals surface area contributed by atoms with E-state index in [-0.39, 0.29) is 12.0 Å². The van der Waals surface area contributed by atoms with E-state index >= 15 is 0 Å². The summed E-state index contributed by atoms with van der Waals surface area (Å²) in [7, 11) is 0. The molecule has 1 amide bonds. The Hall–Kier alpha value is -1.72. The molecule has 3 heterocycles. The largest absolute Gasteiger partial charge is 0.372 e. The fraction of sp³-hybridized carbons (Fsp3) is 0.474. The summed E-state index contributed by atoms with van der Waals surface area (Å²) in [6.07, 6.45) is 8.34. The van der Waals surface area contributed by atoms with E-state index in [1.807, 2.05) is 23.2 Å². The third-order valence-electron chi connectivity index (χ3n) is 4.33. The lowest BCUT2D eigenvalue weighted by Gasteiger charge is -2.32. The molecule has 4 nitrogen and oxygen atoms in total. The molecule has 0 bridgehead atoms. The van der Waals surface area contributed by atoms with Gasteiger partial charge in [-0.15, -0.1) is 11.3 Å². The number of nitrogens with zero attached hydrogens (tertiary/aromatic N) is 2. The van der Waals surface area contributed by atoms with Crippen molar-refractivity contribution in [1.82, 2.24) is 9.88 Å². The number of pyridine rings is 1. The van der Waals surface area contributed by atoms with Gasteiger partial charge in [-0.3, -0.25) is 9.78 Å². The molecule has 1 atom stereocenters. The Labute approximate surface area is 147 Å². The quantitative estimate of drug-likeness (QED) is 0.769. The number of carbonyl (C=O) groups is 1. The van der Waals surface area contributed by atoms with Crippen molar-refractivity contribution in [2.75, 3.05) is 13.1 Å². The van der Waals surface area contributed by atoms with Crippen LogP contribution in [0.15, 0.2) is 42.0 Å². The fourth-order valence-corrected chi connectivity index (χ4v) is 3.78. The third kappa shape index (κ3) is 5.14. The zero-order chi connectivity index (χ0) is 16.6. The van der Waals surface area contributed by atoms with E-state index in [1.54, 1.807) is 17.5 Å². The summed E-state index contributed by atoms with van der Waals surface area (Å²) in [5.41, 5.74) is 1.08. The van der Waals surface area contributed by atoms with E-state index in [0.29, 0.717) is 13.0 Å². The van der Waals surface area contributed by atoms with Gasteiger partial charge in [-0.2, -0.15) is 0 Å². The van der Waals surface area contributed by atoms with E-state index in [1.165, 1.54) is 4.88 Å². The molecule has 5 heteroatoms. The zero-order valence-corrected chi connectivity index (χ0v) is 14.7. The lowest BCUT2D eigenvalue weighted by molar-refractivity contribution is -0.135. The van der Waals surface area contributed by atoms with Gasteiger partial charge < -0.3 is 9.64 Å². The first-order valence-corrected chi connectivity index (χ1v) is 9.50. The summed E-state index contributed by atoms with van der Waals surface area (Å²) >= 11 is 1.77. The van der Waals surface area contributed by atoms with Crippen LogP contribution in [0.1, 0.15) is 36.1 Å². The molecule has 3 rings (SSSR count). The number of hydrogen-bond acceptors (Lipinski definition) is 4. The van der Waals surface area contributed by atoms with Crippen LogP contribution in [0.3, 0.4) is 0 Å². The second-order valence-electron chi connectivity index (χ2n) is 6.21. The van der Waals surface area contributed by atoms with Crippen molar-refractivity contribution < 1.29 is 9.53 Å². The van der Waals surface area contributed by atoms with Crippen molar-refractivity contribution in [3.05, 3.63) is 52.5 Å². The maximum Gasteiger partial charge on any atom is 0.222 e. The summed E-state index contributed by atoms with van der Waals surface area (Å²) in [4.78, 5) is 19.9. The molecule has 0 aromatic carbocycles. The number of hydrogen-bond donors (Lipinski definition) is 0. The number of thiophene rings is 1. The molecule has 24 heavy (non-hydrogen) atoms. The Morgan fingerprint density at radius 1 is 1.38 bits per heavy atom. The van der Waals surface area contributed by atoms with Crippen molar-refractivity contribution in [2.24, 2.45) is 0 Å². The topological polar surface area (TPSA) is 42.4 Å². The van der Waals surface area contributed by atoms with Gasteiger partial charge >= 0.3 is 0 Å². The van der Waals surface area contributed by atoms with Gasteiger partial charge in [0.25, 0.3) is 0 Å². The van der Waals surface area contributed by atoms with Gasteiger partial charge in [-0.05, 0) is 48.8 Å². The molecule has 1 aliphatic heterocycles. The van der Waals surface area contributed by atoms with E-state index in [4.69, 9.17) is 4.74 Å². The summed E-state index contributed by atoms with van der Waals surface area (Å²) in [5, 5.41) is 2.09. The van der Waals surface area contributed by atoms with Crippen LogP contribution in [-0.2, 0) is 22.6 Å². The zero-order valence-electron chi connectivity index (χ0n) is 13.9. The molecule has 2 aromatic heterocycles. The lowest BCUT2D eigenvalue weighted by atomic mass is 10.1. The average Bonchev–Trinajstić information content (AvgIpc) is 3.14. The Balaban J connectivity index is 1.40. The summed E-state index contributed by atoms with van der Waals surface area (Å²) in [6, 6.07) is 8.14. The molecule has 2 aromatic rings. The van der Waals surface area contributed by atoms with E-state index < -0.39 is 0 Å². The van der Waals surface area contributed by atoms with Crippen LogP contribution >= 0.6 is 11.3 Å². The molecule has 0 radical (unpaired) electrons. The van der Waals surface area contributed by atoms with Crippen molar-refractivity contribution in [2.45, 2.75) is 44.8 Å². The Morgan fingerprint density at radius 2 is 2.33 bits per heavy atom. The number of carbonyl (C=O) groups excluding carboxylic acids is 1. The molecule has 1 fully saturated rings. The van der Waals surface area contributed by atoms with Gasteiger partial charge in [0.1, 0.15) is 0 Å². The highest BCUT2D eigenvalue weighted by Crippen LogP contribution is 2.17. The van der Waals surface area contributed by atoms with Crippen LogP contribution in [0.5, 0.6) is 0 Å². The lowest BCUT2D eigenvalue weighted by Crippen LogP contribution is -2.43. The normalized spacial score (nSPS) is 17.8. The van der Waals surface area contributed by atoms with Crippen molar-refractivity contribution >= 4 is 17.2 Å². The summed E-state index contributed by atoms with van der Waals surface area (Å²) < 4.78 is 5.98. The standard InChI is InChI=1S/C19H24N2O2S/c22-19(9-1-7-18-8-4-12-24-18)21-11-3-6-17(14-21)23-15-16-5-2-10-20-13-16/h2,4-5,8,10,12-13,17H,1,3,6-7,9,11,14-15H2. The smallest absolute Gasteiger partial charge is 0.222 e. The molecule has 0 aliphatic carbocycles. The van der Waals surface area contributed by atoms with Gasteiger partial charge in [0.05, 0.1) is 12.7 Å². The minimum absolute atomic E-state index is 0.139. The molecular weight excluding hydrogens is 320 g/mol. The van der Waals surface area contributed by atoms with Crippen LogP contribution < -0.4 is 0 Å². The van der Waals surface area contributed by atoms with Gasteiger partial charge in [0.15, 0.2) is 0 Å². The first kappa shape index (κ1) is 17.1. The van der Waals surface area contributed by atoms with E-state index in [0.717, 1.165) is 44.3 Å². The number of rotatable bonds is 7. The highest BCUT2D eigenvalue weighted by molar-refractivity contribution is 7.09. The van der Waals surface area contributed by atoms with Crippen LogP contribution in [0.4, 0.5) is 0 Å². The first-order valence-electron chi connectivity index (χ1n) is 8.62. The molecule has 0 N–H and O–H groups in total. The van der Waals surface area contributed by atoms with Crippen LogP contribution in [0.2, 0.25) is 0 Å². The van der Waals surface area contributed by atoms with Gasteiger partial charge in [0.2, 0.25) is 5.91 Å². The summed E-state index contributed by atoms with van der Waals surface area (Å²) in [6.45, 7) is 2.15. The molecule has 1 saturated heterocycles. The predicted octanol–water partition coefficient (Wildman–Crippen LogP) is 3.67. The SMILES string of the molecule is O=C(CCCc1cccs1)N1CCCC(OCc2cccnc2)C1. The second-order valence-corrected chi connectivity index (χ2v) is 7.24. The minimum Gasteiger partial charge on any atom is -0.372 e. The predicted molar refractivity (Wildman–Crippen MR) is 95.9 cm³/mol. The maximum atomic E-state index is 12.4. The number of aryl methyl sites for hydroxylation is 1. The minimum atomic E-state index is 0.139. The Morgan fingerprint density at radius 3 is 3.12 bits per heavy atom. The molecule has 0 spiro atoms. The van der Waals surface area contributed by atoms with Crippen LogP contribution in [-0.4, -0.2) is 35.0 Å². The molecule has 128 valence electrons. The molecule has 0 saturated carbocycles.